The van der Waals surface area contributed by atoms with Crippen LogP contribution in [0.3, 0.4) is 0 Å². The fourth-order valence-electron chi connectivity index (χ4n) is 2.68. The van der Waals surface area contributed by atoms with Crippen LogP contribution >= 0.6 is 68.4 Å². The molecule has 0 fully saturated rings. The number of fused-ring (bicyclic) bond motifs is 2. The number of benzene rings is 2. The minimum Gasteiger partial charge on any atom is -0.493 e. The van der Waals surface area contributed by atoms with Crippen LogP contribution in [0.1, 0.15) is 0 Å². The standard InChI is InChI=1S/2C10H7ClINO.Cu/c2*1-14-10-8(12)5-7(11)6-3-2-4-13-9(6)10;/h2*2-5H,1H3;/q;;+2/i2*1-1;. The summed E-state index contributed by atoms with van der Waals surface area (Å²) in [5.74, 6) is 1.57. The number of halogens is 4. The van der Waals surface area contributed by atoms with Crippen molar-refractivity contribution in [3.8, 4) is 11.5 Å². The SMILES string of the molecule is [11CH3]Oc1c(I)cc(Cl)c2cccnc12.[11CH3]Oc1c(I)cc(Cl)c2cccnc12.[Cu+2]. The number of methoxy groups -OCH3 is 2. The maximum absolute atomic E-state index is 6.09. The van der Waals surface area contributed by atoms with E-state index in [0.717, 1.165) is 40.4 Å². The number of ether oxygens (including phenoxy) is 2. The average Bonchev–Trinajstić information content (AvgIpc) is 2.69. The number of rotatable bonds is 2. The van der Waals surface area contributed by atoms with Gasteiger partial charge in [-0.1, -0.05) is 23.2 Å². The second-order valence-corrected chi connectivity index (χ2v) is 8.68. The van der Waals surface area contributed by atoms with Gasteiger partial charge in [-0.3, -0.25) is 9.97 Å². The molecule has 2 aromatic carbocycles. The number of nitrogens with zero attached hydrogens (tertiary/aromatic N) is 2. The van der Waals surface area contributed by atoms with Crippen LogP contribution in [0.2, 0.25) is 10.0 Å². The van der Waals surface area contributed by atoms with E-state index in [9.17, 15) is 0 Å². The van der Waals surface area contributed by atoms with Crippen LogP contribution in [-0.4, -0.2) is 24.2 Å². The molecule has 0 saturated heterocycles. The van der Waals surface area contributed by atoms with Gasteiger partial charge in [0, 0.05) is 23.2 Å². The molecule has 9 heteroatoms. The molecule has 0 saturated carbocycles. The molecule has 0 bridgehead atoms. The number of hydrogen-bond donors (Lipinski definition) is 0. The third kappa shape index (κ3) is 5.37. The molecule has 29 heavy (non-hydrogen) atoms. The summed E-state index contributed by atoms with van der Waals surface area (Å²) in [5.41, 5.74) is 1.62. The van der Waals surface area contributed by atoms with Crippen LogP contribution in [0.5, 0.6) is 11.5 Å². The summed E-state index contributed by atoms with van der Waals surface area (Å²) in [5, 5.41) is 3.26. The van der Waals surface area contributed by atoms with Crippen LogP contribution in [-0.2, 0) is 17.1 Å². The molecule has 0 aliphatic rings. The quantitative estimate of drug-likeness (QED) is 0.167. The van der Waals surface area contributed by atoms with Crippen LogP contribution < -0.4 is 9.47 Å². The van der Waals surface area contributed by atoms with E-state index in [-0.39, 0.29) is 17.1 Å². The fourth-order valence-corrected chi connectivity index (χ4v) is 5.15. The van der Waals surface area contributed by atoms with Gasteiger partial charge in [-0.05, 0) is 81.6 Å². The molecule has 0 amide bonds. The van der Waals surface area contributed by atoms with Gasteiger partial charge in [0.1, 0.15) is 11.0 Å². The molecule has 4 aromatic rings. The van der Waals surface area contributed by atoms with Gasteiger partial charge in [-0.15, -0.1) is 0 Å². The summed E-state index contributed by atoms with van der Waals surface area (Å²) < 4.78 is 12.5. The van der Waals surface area contributed by atoms with E-state index in [1.165, 1.54) is 0 Å². The largest absolute Gasteiger partial charge is 2.00 e. The third-order valence-electron chi connectivity index (χ3n) is 3.91. The molecule has 2 heterocycles. The molecule has 0 aliphatic heterocycles. The zero-order valence-corrected chi connectivity index (χ0v) is 21.9. The zero-order chi connectivity index (χ0) is 20.3. The summed E-state index contributed by atoms with van der Waals surface area (Å²) in [6.07, 6.45) is 3.47. The fraction of sp³-hybridized carbons (Fsp3) is 0.100. The van der Waals surface area contributed by atoms with E-state index in [0.29, 0.717) is 10.0 Å². The number of hydrogen-bond acceptors (Lipinski definition) is 4. The molecular formula is C20H14Cl2CuI2N2O2+2. The second-order valence-electron chi connectivity index (χ2n) is 5.55. The summed E-state index contributed by atoms with van der Waals surface area (Å²) in [4.78, 5) is 8.52. The van der Waals surface area contributed by atoms with Gasteiger partial charge in [-0.25, -0.2) is 0 Å². The summed E-state index contributed by atoms with van der Waals surface area (Å²) in [7, 11) is 3.28. The van der Waals surface area contributed by atoms with E-state index >= 15 is 0 Å². The van der Waals surface area contributed by atoms with Crippen molar-refractivity contribution < 1.29 is 26.5 Å². The first-order valence-corrected chi connectivity index (χ1v) is 10.9. The van der Waals surface area contributed by atoms with Crippen LogP contribution in [0, 0.1) is 7.14 Å². The van der Waals surface area contributed by atoms with Gasteiger partial charge in [0.15, 0.2) is 11.5 Å². The molecule has 0 unspecified atom stereocenters. The summed E-state index contributed by atoms with van der Waals surface area (Å²) >= 11 is 16.6. The number of aromatic nitrogens is 2. The van der Waals surface area contributed by atoms with Gasteiger partial charge in [0.2, 0.25) is 0 Å². The van der Waals surface area contributed by atoms with Crippen molar-refractivity contribution in [1.82, 2.24) is 9.97 Å². The molecule has 0 N–H and O–H groups in total. The monoisotopic (exact) mass is 699 g/mol. The Hall–Kier alpha value is -0.581. The van der Waals surface area contributed by atoms with Crippen molar-refractivity contribution in [2.75, 3.05) is 14.2 Å². The maximum Gasteiger partial charge on any atom is 2.00 e. The molecule has 0 aliphatic carbocycles. The third-order valence-corrected chi connectivity index (χ3v) is 6.14. The van der Waals surface area contributed by atoms with Gasteiger partial charge in [0.25, 0.3) is 0 Å². The average molecular weight is 701 g/mol. The molecule has 0 atom stereocenters. The molecule has 2 aromatic heterocycles. The number of pyridine rings is 2. The molecule has 4 nitrogen and oxygen atoms in total. The van der Waals surface area contributed by atoms with E-state index in [1.54, 1.807) is 26.6 Å². The van der Waals surface area contributed by atoms with Crippen LogP contribution in [0.4, 0.5) is 0 Å². The predicted octanol–water partition coefficient (Wildman–Crippen LogP) is 7.00. The smallest absolute Gasteiger partial charge is 0.493 e. The Bertz CT molecular complexity index is 1070. The Kier molecular flexibility index (Phi) is 9.50. The normalized spacial score (nSPS) is 10.1. The maximum atomic E-state index is 6.09. The summed E-state index contributed by atoms with van der Waals surface area (Å²) in [6, 6.07) is 11.4. The molecule has 0 spiro atoms. The Balaban J connectivity index is 0.000000200. The minimum absolute atomic E-state index is 0. The molecule has 153 valence electrons. The van der Waals surface area contributed by atoms with Crippen molar-refractivity contribution in [3.05, 3.63) is 66.0 Å². The minimum atomic E-state index is 0. The van der Waals surface area contributed by atoms with E-state index < -0.39 is 0 Å². The van der Waals surface area contributed by atoms with E-state index in [2.05, 4.69) is 55.1 Å². The Morgan fingerprint density at radius 1 is 0.759 bits per heavy atom. The van der Waals surface area contributed by atoms with Gasteiger partial charge < -0.3 is 9.47 Å². The van der Waals surface area contributed by atoms with Crippen LogP contribution in [0.15, 0.2) is 48.8 Å². The molecule has 1 radical (unpaired) electrons. The van der Waals surface area contributed by atoms with E-state index in [1.807, 2.05) is 36.4 Å². The van der Waals surface area contributed by atoms with Crippen molar-refractivity contribution >= 4 is 90.2 Å². The molecular weight excluding hydrogens is 686 g/mol. The Morgan fingerprint density at radius 3 is 1.48 bits per heavy atom. The van der Waals surface area contributed by atoms with Crippen molar-refractivity contribution in [2.24, 2.45) is 0 Å². The first-order valence-electron chi connectivity index (χ1n) is 8.01. The van der Waals surface area contributed by atoms with Crippen molar-refractivity contribution in [3.63, 3.8) is 0 Å². The topological polar surface area (TPSA) is 44.2 Å². The van der Waals surface area contributed by atoms with Crippen LogP contribution in [0.25, 0.3) is 21.8 Å². The first kappa shape index (κ1) is 24.7. The van der Waals surface area contributed by atoms with Gasteiger partial charge in [-0.2, -0.15) is 0 Å². The Morgan fingerprint density at radius 2 is 1.14 bits per heavy atom. The van der Waals surface area contributed by atoms with E-state index in [4.69, 9.17) is 32.7 Å². The van der Waals surface area contributed by atoms with Crippen molar-refractivity contribution in [2.45, 2.75) is 0 Å². The van der Waals surface area contributed by atoms with Gasteiger partial charge in [0.05, 0.1) is 31.4 Å². The molecule has 4 rings (SSSR count). The zero-order valence-electron chi connectivity index (χ0n) is 15.1. The van der Waals surface area contributed by atoms with Crippen molar-refractivity contribution in [1.29, 1.82) is 0 Å². The summed E-state index contributed by atoms with van der Waals surface area (Å²) in [6.45, 7) is 0. The van der Waals surface area contributed by atoms with Gasteiger partial charge >= 0.3 is 17.1 Å². The second kappa shape index (κ2) is 11.2. The predicted molar refractivity (Wildman–Crippen MR) is 132 cm³/mol. The first-order chi connectivity index (χ1) is 13.5. The Labute approximate surface area is 216 Å².